The van der Waals surface area contributed by atoms with Crippen LogP contribution in [-0.2, 0) is 4.79 Å². The molecule has 2 rings (SSSR count). The molecule has 15 heavy (non-hydrogen) atoms. The van der Waals surface area contributed by atoms with Crippen molar-refractivity contribution in [3.05, 3.63) is 24.0 Å². The van der Waals surface area contributed by atoms with E-state index in [1.54, 1.807) is 6.07 Å². The highest BCUT2D eigenvalue weighted by molar-refractivity contribution is 6.01. The summed E-state index contributed by atoms with van der Waals surface area (Å²) in [5, 5.41) is 2.56. The Labute approximate surface area is 87.9 Å². The van der Waals surface area contributed by atoms with E-state index < -0.39 is 0 Å². The fourth-order valence-electron chi connectivity index (χ4n) is 1.76. The van der Waals surface area contributed by atoms with Gasteiger partial charge in [-0.1, -0.05) is 6.07 Å². The van der Waals surface area contributed by atoms with Crippen LogP contribution in [0.4, 0.5) is 15.8 Å². The number of rotatable bonds is 1. The van der Waals surface area contributed by atoms with Gasteiger partial charge in [-0.25, -0.2) is 4.39 Å². The number of carbonyl (C=O) groups excluding carboxylic acids is 1. The van der Waals surface area contributed by atoms with Gasteiger partial charge in [-0.3, -0.25) is 4.79 Å². The van der Waals surface area contributed by atoms with Gasteiger partial charge in [0.15, 0.2) is 0 Å². The molecular formula is C11H13FN2O. The topological polar surface area (TPSA) is 32.3 Å². The van der Waals surface area contributed by atoms with Crippen molar-refractivity contribution in [2.45, 2.75) is 19.9 Å². The predicted octanol–water partition coefficient (Wildman–Crippen LogP) is 1.99. The Kier molecular flexibility index (Phi) is 2.34. The van der Waals surface area contributed by atoms with Crippen LogP contribution in [0.5, 0.6) is 0 Å². The molecule has 0 radical (unpaired) electrons. The highest BCUT2D eigenvalue weighted by Gasteiger charge is 2.25. The molecule has 80 valence electrons. The zero-order chi connectivity index (χ0) is 11.0. The Bertz CT molecular complexity index is 404. The summed E-state index contributed by atoms with van der Waals surface area (Å²) in [6, 6.07) is 5.00. The average molecular weight is 208 g/mol. The highest BCUT2D eigenvalue weighted by Crippen LogP contribution is 2.32. The van der Waals surface area contributed by atoms with E-state index in [2.05, 4.69) is 5.32 Å². The molecule has 0 aromatic heterocycles. The van der Waals surface area contributed by atoms with Crippen molar-refractivity contribution < 1.29 is 9.18 Å². The van der Waals surface area contributed by atoms with Gasteiger partial charge in [0.1, 0.15) is 11.5 Å². The van der Waals surface area contributed by atoms with E-state index >= 15 is 0 Å². The van der Waals surface area contributed by atoms with Gasteiger partial charge < -0.3 is 10.2 Å². The SMILES string of the molecule is CC(C)N1CC(=O)Nc2c(F)cccc21. The van der Waals surface area contributed by atoms with Crippen molar-refractivity contribution in [1.29, 1.82) is 0 Å². The first-order valence-electron chi connectivity index (χ1n) is 4.94. The zero-order valence-electron chi connectivity index (χ0n) is 8.75. The van der Waals surface area contributed by atoms with Crippen LogP contribution < -0.4 is 10.2 Å². The first-order valence-corrected chi connectivity index (χ1v) is 4.94. The molecule has 0 bridgehead atoms. The largest absolute Gasteiger partial charge is 0.358 e. The van der Waals surface area contributed by atoms with Gasteiger partial charge in [0.2, 0.25) is 5.91 Å². The molecule has 3 nitrogen and oxygen atoms in total. The summed E-state index contributed by atoms with van der Waals surface area (Å²) in [5.41, 5.74) is 1.05. The van der Waals surface area contributed by atoms with Crippen molar-refractivity contribution in [3.63, 3.8) is 0 Å². The maximum atomic E-state index is 13.4. The number of fused-ring (bicyclic) bond motifs is 1. The Morgan fingerprint density at radius 2 is 2.20 bits per heavy atom. The van der Waals surface area contributed by atoms with Gasteiger partial charge in [0, 0.05) is 6.04 Å². The van der Waals surface area contributed by atoms with Gasteiger partial charge in [-0.15, -0.1) is 0 Å². The summed E-state index contributed by atoms with van der Waals surface area (Å²) in [6.45, 7) is 4.24. The monoisotopic (exact) mass is 208 g/mol. The van der Waals surface area contributed by atoms with E-state index in [4.69, 9.17) is 0 Å². The number of para-hydroxylation sites is 1. The minimum absolute atomic E-state index is 0.165. The maximum Gasteiger partial charge on any atom is 0.244 e. The molecule has 1 aromatic rings. The van der Waals surface area contributed by atoms with Crippen molar-refractivity contribution in [2.75, 3.05) is 16.8 Å². The third-order valence-corrected chi connectivity index (χ3v) is 2.50. The van der Waals surface area contributed by atoms with Crippen molar-refractivity contribution in [2.24, 2.45) is 0 Å². The summed E-state index contributed by atoms with van der Waals surface area (Å²) in [4.78, 5) is 13.3. The summed E-state index contributed by atoms with van der Waals surface area (Å²) in [7, 11) is 0. The van der Waals surface area contributed by atoms with Crippen molar-refractivity contribution >= 4 is 17.3 Å². The van der Waals surface area contributed by atoms with Crippen LogP contribution in [0.25, 0.3) is 0 Å². The molecule has 0 spiro atoms. The molecule has 0 saturated heterocycles. The van der Waals surface area contributed by atoms with Gasteiger partial charge >= 0.3 is 0 Å². The summed E-state index contributed by atoms with van der Waals surface area (Å²) in [6.07, 6.45) is 0. The lowest BCUT2D eigenvalue weighted by Crippen LogP contribution is -2.42. The molecule has 1 aliphatic rings. The van der Waals surface area contributed by atoms with Gasteiger partial charge in [0.05, 0.1) is 12.2 Å². The van der Waals surface area contributed by atoms with Crippen LogP contribution in [0, 0.1) is 5.82 Å². The Morgan fingerprint density at radius 1 is 1.47 bits per heavy atom. The predicted molar refractivity (Wildman–Crippen MR) is 57.5 cm³/mol. The fraction of sp³-hybridized carbons (Fsp3) is 0.364. The quantitative estimate of drug-likeness (QED) is 0.765. The summed E-state index contributed by atoms with van der Waals surface area (Å²) < 4.78 is 13.4. The van der Waals surface area contributed by atoms with E-state index in [-0.39, 0.29) is 24.3 Å². The molecule has 0 unspecified atom stereocenters. The zero-order valence-corrected chi connectivity index (χ0v) is 8.75. The Morgan fingerprint density at radius 3 is 2.87 bits per heavy atom. The van der Waals surface area contributed by atoms with Crippen molar-refractivity contribution in [3.8, 4) is 0 Å². The number of benzene rings is 1. The average Bonchev–Trinajstić information content (AvgIpc) is 2.18. The smallest absolute Gasteiger partial charge is 0.244 e. The number of hydrogen-bond donors (Lipinski definition) is 1. The van der Waals surface area contributed by atoms with Gasteiger partial charge in [-0.2, -0.15) is 0 Å². The first-order chi connectivity index (χ1) is 7.09. The lowest BCUT2D eigenvalue weighted by molar-refractivity contribution is -0.115. The number of carbonyl (C=O) groups is 1. The number of nitrogens with one attached hydrogen (secondary N) is 1. The molecule has 0 atom stereocenters. The van der Waals surface area contributed by atoms with Gasteiger partial charge in [0.25, 0.3) is 0 Å². The fourth-order valence-corrected chi connectivity index (χ4v) is 1.76. The Balaban J connectivity index is 2.51. The number of amides is 1. The lowest BCUT2D eigenvalue weighted by Gasteiger charge is -2.34. The minimum atomic E-state index is -0.383. The second-order valence-electron chi connectivity index (χ2n) is 3.90. The third kappa shape index (κ3) is 1.67. The van der Waals surface area contributed by atoms with Crippen LogP contribution in [0.2, 0.25) is 0 Å². The third-order valence-electron chi connectivity index (χ3n) is 2.50. The van der Waals surface area contributed by atoms with Gasteiger partial charge in [-0.05, 0) is 26.0 Å². The maximum absolute atomic E-state index is 13.4. The molecule has 4 heteroatoms. The van der Waals surface area contributed by atoms with E-state index in [0.717, 1.165) is 5.69 Å². The van der Waals surface area contributed by atoms with E-state index in [1.165, 1.54) is 6.07 Å². The summed E-state index contributed by atoms with van der Waals surface area (Å²) in [5.74, 6) is -0.549. The molecule has 1 heterocycles. The van der Waals surface area contributed by atoms with Crippen LogP contribution in [0.15, 0.2) is 18.2 Å². The Hall–Kier alpha value is -1.58. The van der Waals surface area contributed by atoms with Crippen molar-refractivity contribution in [1.82, 2.24) is 0 Å². The normalized spacial score (nSPS) is 15.2. The highest BCUT2D eigenvalue weighted by atomic mass is 19.1. The van der Waals surface area contributed by atoms with E-state index in [0.29, 0.717) is 5.69 Å². The standard InChI is InChI=1S/C11H13FN2O/c1-7(2)14-6-10(15)13-11-8(12)4-3-5-9(11)14/h3-5,7H,6H2,1-2H3,(H,13,15). The molecule has 1 N–H and O–H groups in total. The number of nitrogens with zero attached hydrogens (tertiary/aromatic N) is 1. The molecule has 0 fully saturated rings. The molecule has 0 aliphatic carbocycles. The molecular weight excluding hydrogens is 195 g/mol. The molecule has 0 saturated carbocycles. The molecule has 1 aliphatic heterocycles. The number of halogens is 1. The lowest BCUT2D eigenvalue weighted by atomic mass is 10.1. The molecule has 1 amide bonds. The number of hydrogen-bond acceptors (Lipinski definition) is 2. The van der Waals surface area contributed by atoms with E-state index in [9.17, 15) is 9.18 Å². The summed E-state index contributed by atoms with van der Waals surface area (Å²) >= 11 is 0. The van der Waals surface area contributed by atoms with Crippen LogP contribution >= 0.6 is 0 Å². The second-order valence-corrected chi connectivity index (χ2v) is 3.90. The van der Waals surface area contributed by atoms with Crippen LogP contribution in [-0.4, -0.2) is 18.5 Å². The molecule has 1 aromatic carbocycles. The first kappa shape index (κ1) is 9.96. The minimum Gasteiger partial charge on any atom is -0.358 e. The van der Waals surface area contributed by atoms with E-state index in [1.807, 2.05) is 24.8 Å². The van der Waals surface area contributed by atoms with Crippen LogP contribution in [0.3, 0.4) is 0 Å². The second kappa shape index (κ2) is 3.53. The van der Waals surface area contributed by atoms with Crippen LogP contribution in [0.1, 0.15) is 13.8 Å². The number of anilines is 2.